The van der Waals surface area contributed by atoms with Gasteiger partial charge in [-0.2, -0.15) is 12.6 Å². The van der Waals surface area contributed by atoms with Crippen LogP contribution in [0.1, 0.15) is 51.9 Å². The number of nitrogens with two attached hydrogens (primary N) is 1. The van der Waals surface area contributed by atoms with E-state index in [0.29, 0.717) is 5.92 Å². The van der Waals surface area contributed by atoms with Crippen LogP contribution in [0.25, 0.3) is 0 Å². The molecule has 114 valence electrons. The molecule has 2 atom stereocenters. The average Bonchev–Trinajstić information content (AvgIpc) is 2.51. The lowest BCUT2D eigenvalue weighted by Crippen LogP contribution is -2.30. The highest BCUT2D eigenvalue weighted by molar-refractivity contribution is 7.81. The molecule has 0 aromatic carbocycles. The molecule has 3 aliphatic rings. The van der Waals surface area contributed by atoms with Crippen LogP contribution in [0.2, 0.25) is 0 Å². The molecule has 21 heavy (non-hydrogen) atoms. The quantitative estimate of drug-likeness (QED) is 0.695. The van der Waals surface area contributed by atoms with Crippen molar-refractivity contribution in [2.24, 2.45) is 17.1 Å². The van der Waals surface area contributed by atoms with Gasteiger partial charge in [0, 0.05) is 16.4 Å². The predicted octanol–water partition coefficient (Wildman–Crippen LogP) is 4.93. The summed E-state index contributed by atoms with van der Waals surface area (Å²) in [5.74, 6) is 0.694. The summed E-state index contributed by atoms with van der Waals surface area (Å²) in [6.07, 6.45) is 20.1. The summed E-state index contributed by atoms with van der Waals surface area (Å²) in [5, 5.41) is 0.265. The molecule has 2 unspecified atom stereocenters. The highest BCUT2D eigenvalue weighted by atomic mass is 32.1. The molecule has 3 rings (SSSR count). The van der Waals surface area contributed by atoms with Gasteiger partial charge in [-0.25, -0.2) is 0 Å². The van der Waals surface area contributed by atoms with Crippen LogP contribution in [0.4, 0.5) is 0 Å². The second-order valence-corrected chi connectivity index (χ2v) is 7.51. The lowest BCUT2D eigenvalue weighted by atomic mass is 9.70. The lowest BCUT2D eigenvalue weighted by molar-refractivity contribution is 0.400. The van der Waals surface area contributed by atoms with Crippen molar-refractivity contribution in [1.29, 1.82) is 0 Å². The van der Waals surface area contributed by atoms with Gasteiger partial charge in [0.25, 0.3) is 0 Å². The zero-order valence-corrected chi connectivity index (χ0v) is 13.9. The lowest BCUT2D eigenvalue weighted by Gasteiger charge is -2.38. The van der Waals surface area contributed by atoms with Gasteiger partial charge in [0.15, 0.2) is 0 Å². The van der Waals surface area contributed by atoms with E-state index in [9.17, 15) is 0 Å². The summed E-state index contributed by atoms with van der Waals surface area (Å²) in [7, 11) is 0. The Bertz CT molecular complexity index is 520. The van der Waals surface area contributed by atoms with Gasteiger partial charge in [-0.15, -0.1) is 0 Å². The summed E-state index contributed by atoms with van der Waals surface area (Å²) < 4.78 is 0. The smallest absolute Gasteiger partial charge is 0.0325 e. The van der Waals surface area contributed by atoms with Crippen molar-refractivity contribution < 1.29 is 0 Å². The molecular weight excluding hydrogens is 274 g/mol. The summed E-state index contributed by atoms with van der Waals surface area (Å²) in [5.41, 5.74) is 10.5. The fourth-order valence-electron chi connectivity index (χ4n) is 4.01. The van der Waals surface area contributed by atoms with E-state index in [4.69, 9.17) is 18.4 Å². The van der Waals surface area contributed by atoms with E-state index in [-0.39, 0.29) is 10.7 Å². The molecule has 0 aliphatic heterocycles. The van der Waals surface area contributed by atoms with Gasteiger partial charge in [-0.3, -0.25) is 0 Å². The van der Waals surface area contributed by atoms with Crippen LogP contribution in [-0.2, 0) is 0 Å². The third kappa shape index (κ3) is 2.88. The van der Waals surface area contributed by atoms with Gasteiger partial charge in [0.05, 0.1) is 0 Å². The molecular formula is C19H27NS. The van der Waals surface area contributed by atoms with Crippen molar-refractivity contribution in [3.8, 4) is 0 Å². The standard InChI is InChI=1S/C19H27NS/c1-19(12-6-5-9-18(19)21)15-10-11-17(20)16(13-15)14-7-3-2-4-8-14/h5-6,9,12-14,18,21H,2-4,7-8,10-11,20H2,1H3. The zero-order valence-electron chi connectivity index (χ0n) is 13.0. The van der Waals surface area contributed by atoms with E-state index in [2.05, 4.69) is 37.3 Å². The minimum absolute atomic E-state index is 0.0402. The third-order valence-electron chi connectivity index (χ3n) is 5.56. The minimum atomic E-state index is 0.0402. The van der Waals surface area contributed by atoms with Crippen LogP contribution in [0.15, 0.2) is 47.2 Å². The predicted molar refractivity (Wildman–Crippen MR) is 94.3 cm³/mol. The largest absolute Gasteiger partial charge is 0.402 e. The molecule has 3 aliphatic carbocycles. The number of hydrogen-bond acceptors (Lipinski definition) is 2. The average molecular weight is 301 g/mol. The van der Waals surface area contributed by atoms with Gasteiger partial charge >= 0.3 is 0 Å². The normalized spacial score (nSPS) is 34.2. The monoisotopic (exact) mass is 301 g/mol. The first kappa shape index (κ1) is 15.0. The second kappa shape index (κ2) is 6.08. The highest BCUT2D eigenvalue weighted by Crippen LogP contribution is 2.45. The maximum atomic E-state index is 6.36. The molecule has 1 nitrogen and oxygen atoms in total. The molecule has 0 saturated heterocycles. The van der Waals surface area contributed by atoms with Crippen molar-refractivity contribution in [2.75, 3.05) is 0 Å². The van der Waals surface area contributed by atoms with Gasteiger partial charge in [0.2, 0.25) is 0 Å². The fourth-order valence-corrected chi connectivity index (χ4v) is 4.36. The molecule has 0 bridgehead atoms. The van der Waals surface area contributed by atoms with Crippen molar-refractivity contribution in [2.45, 2.75) is 57.1 Å². The van der Waals surface area contributed by atoms with Crippen LogP contribution in [0, 0.1) is 11.3 Å². The van der Waals surface area contributed by atoms with Crippen LogP contribution in [0.5, 0.6) is 0 Å². The van der Waals surface area contributed by atoms with E-state index in [1.54, 1.807) is 0 Å². The maximum Gasteiger partial charge on any atom is 0.0325 e. The van der Waals surface area contributed by atoms with Crippen LogP contribution < -0.4 is 5.73 Å². The van der Waals surface area contributed by atoms with Crippen LogP contribution in [-0.4, -0.2) is 5.25 Å². The second-order valence-electron chi connectivity index (χ2n) is 6.96. The van der Waals surface area contributed by atoms with E-state index in [1.165, 1.54) is 43.3 Å². The minimum Gasteiger partial charge on any atom is -0.402 e. The Morgan fingerprint density at radius 2 is 1.90 bits per heavy atom. The number of allylic oxidation sites excluding steroid dienone is 7. The number of rotatable bonds is 2. The molecule has 0 amide bonds. The Balaban J connectivity index is 1.90. The number of hydrogen-bond donors (Lipinski definition) is 2. The third-order valence-corrected chi connectivity index (χ3v) is 6.27. The SMILES string of the molecule is CC1(C2=CC(C3CCCCC3)=C(N)CC2)C=CC=CC1S. The summed E-state index contributed by atoms with van der Waals surface area (Å²) >= 11 is 4.81. The first-order valence-electron chi connectivity index (χ1n) is 8.35. The zero-order chi connectivity index (χ0) is 14.9. The molecule has 0 heterocycles. The van der Waals surface area contributed by atoms with Gasteiger partial charge < -0.3 is 5.73 Å². The van der Waals surface area contributed by atoms with Crippen molar-refractivity contribution in [3.05, 3.63) is 47.2 Å². The van der Waals surface area contributed by atoms with Crippen molar-refractivity contribution in [3.63, 3.8) is 0 Å². The Labute approximate surface area is 134 Å². The van der Waals surface area contributed by atoms with E-state index in [1.807, 2.05) is 0 Å². The molecule has 1 fully saturated rings. The fraction of sp³-hybridized carbons (Fsp3) is 0.579. The first-order valence-corrected chi connectivity index (χ1v) is 8.86. The Hall–Kier alpha value is -0.890. The summed E-state index contributed by atoms with van der Waals surface area (Å²) in [6.45, 7) is 2.32. The highest BCUT2D eigenvalue weighted by Gasteiger charge is 2.35. The van der Waals surface area contributed by atoms with E-state index >= 15 is 0 Å². The van der Waals surface area contributed by atoms with Gasteiger partial charge in [-0.05, 0) is 37.2 Å². The van der Waals surface area contributed by atoms with Crippen LogP contribution in [0.3, 0.4) is 0 Å². The molecule has 1 saturated carbocycles. The molecule has 0 radical (unpaired) electrons. The molecule has 0 spiro atoms. The Kier molecular flexibility index (Phi) is 4.35. The van der Waals surface area contributed by atoms with Gasteiger partial charge in [0.1, 0.15) is 0 Å². The molecule has 0 aromatic heterocycles. The molecule has 0 aromatic rings. The Morgan fingerprint density at radius 3 is 2.62 bits per heavy atom. The molecule has 2 N–H and O–H groups in total. The topological polar surface area (TPSA) is 26.0 Å². The maximum absolute atomic E-state index is 6.36. The van der Waals surface area contributed by atoms with Crippen molar-refractivity contribution >= 4 is 12.6 Å². The van der Waals surface area contributed by atoms with Crippen molar-refractivity contribution in [1.82, 2.24) is 0 Å². The van der Waals surface area contributed by atoms with Crippen LogP contribution >= 0.6 is 12.6 Å². The number of thiol groups is 1. The van der Waals surface area contributed by atoms with E-state index < -0.39 is 0 Å². The van der Waals surface area contributed by atoms with E-state index in [0.717, 1.165) is 18.5 Å². The van der Waals surface area contributed by atoms with Gasteiger partial charge in [-0.1, -0.05) is 62.1 Å². The molecule has 2 heteroatoms. The first-order chi connectivity index (χ1) is 10.1. The Morgan fingerprint density at radius 1 is 1.14 bits per heavy atom. The summed E-state index contributed by atoms with van der Waals surface area (Å²) in [6, 6.07) is 0. The summed E-state index contributed by atoms with van der Waals surface area (Å²) in [4.78, 5) is 0.